The van der Waals surface area contributed by atoms with Gasteiger partial charge in [0.1, 0.15) is 11.5 Å². The van der Waals surface area contributed by atoms with Crippen LogP contribution in [0.15, 0.2) is 114 Å². The van der Waals surface area contributed by atoms with Crippen molar-refractivity contribution >= 4 is 53.2 Å². The van der Waals surface area contributed by atoms with Crippen molar-refractivity contribution in [1.82, 2.24) is 15.4 Å². The smallest absolute Gasteiger partial charge is 0.206 e. The highest BCUT2D eigenvalue weighted by Gasteiger charge is 2.15. The van der Waals surface area contributed by atoms with E-state index in [0.717, 1.165) is 41.1 Å². The topological polar surface area (TPSA) is 106 Å². The van der Waals surface area contributed by atoms with Crippen LogP contribution in [0.25, 0.3) is 10.9 Å². The van der Waals surface area contributed by atoms with E-state index >= 15 is 0 Å². The summed E-state index contributed by atoms with van der Waals surface area (Å²) in [7, 11) is 0. The molecule has 0 radical (unpaired) electrons. The molecule has 0 atom stereocenters. The molecule has 0 aliphatic heterocycles. The van der Waals surface area contributed by atoms with Gasteiger partial charge in [-0.15, -0.1) is 24.8 Å². The van der Waals surface area contributed by atoms with Crippen molar-refractivity contribution in [2.45, 2.75) is 13.1 Å². The van der Waals surface area contributed by atoms with Gasteiger partial charge in [-0.25, -0.2) is 10.4 Å². The fraction of sp³-hybridized carbons (Fsp3) is 0.0690. The van der Waals surface area contributed by atoms with Crippen LogP contribution in [0.5, 0.6) is 0 Å². The molecular formula is C29H29Cl2N7. The van der Waals surface area contributed by atoms with Gasteiger partial charge in [-0.2, -0.15) is 5.10 Å². The summed E-state index contributed by atoms with van der Waals surface area (Å²) >= 11 is 0. The van der Waals surface area contributed by atoms with Crippen molar-refractivity contribution in [3.63, 3.8) is 0 Å². The lowest BCUT2D eigenvalue weighted by Gasteiger charge is -2.24. The summed E-state index contributed by atoms with van der Waals surface area (Å²) in [5.41, 5.74) is 13.8. The Balaban J connectivity index is 0.00000200. The Hall–Kier alpha value is -4.33. The number of pyridine rings is 1. The van der Waals surface area contributed by atoms with E-state index in [9.17, 15) is 0 Å². The lowest BCUT2D eigenvalue weighted by Crippen LogP contribution is -2.27. The Morgan fingerprint density at radius 3 is 1.95 bits per heavy atom. The van der Waals surface area contributed by atoms with Crippen LogP contribution in [0.1, 0.15) is 22.4 Å². The van der Waals surface area contributed by atoms with Crippen molar-refractivity contribution in [3.8, 4) is 0 Å². The highest BCUT2D eigenvalue weighted by atomic mass is 35.5. The second-order valence-electron chi connectivity index (χ2n) is 8.49. The fourth-order valence-corrected chi connectivity index (χ4v) is 4.14. The Bertz CT molecular complexity index is 1450. The molecule has 194 valence electrons. The van der Waals surface area contributed by atoms with Crippen LogP contribution < -0.4 is 16.1 Å². The molecule has 0 amide bonds. The van der Waals surface area contributed by atoms with Crippen LogP contribution in [0.4, 0.5) is 5.82 Å². The number of hydrogen-bond acceptors (Lipinski definition) is 4. The van der Waals surface area contributed by atoms with Gasteiger partial charge in [0.15, 0.2) is 0 Å². The Kier molecular flexibility index (Phi) is 9.87. The van der Waals surface area contributed by atoms with Crippen LogP contribution in [0.3, 0.4) is 0 Å². The molecule has 7 nitrogen and oxygen atoms in total. The molecule has 0 fully saturated rings. The number of hydrogen-bond donors (Lipinski definition) is 4. The van der Waals surface area contributed by atoms with Gasteiger partial charge in [-0.1, -0.05) is 91.0 Å². The predicted octanol–water partition coefficient (Wildman–Crippen LogP) is 5.85. The molecule has 38 heavy (non-hydrogen) atoms. The average molecular weight is 547 g/mol. The monoisotopic (exact) mass is 545 g/mol. The van der Waals surface area contributed by atoms with Gasteiger partial charge >= 0.3 is 0 Å². The molecule has 0 saturated carbocycles. The largest absolute Gasteiger partial charge is 0.369 e. The van der Waals surface area contributed by atoms with E-state index in [0.29, 0.717) is 5.71 Å². The highest BCUT2D eigenvalue weighted by Crippen LogP contribution is 2.25. The van der Waals surface area contributed by atoms with Crippen molar-refractivity contribution in [1.29, 1.82) is 5.41 Å². The zero-order chi connectivity index (χ0) is 24.7. The number of benzene rings is 3. The predicted molar refractivity (Wildman–Crippen MR) is 160 cm³/mol. The van der Waals surface area contributed by atoms with Gasteiger partial charge in [0.05, 0.1) is 17.4 Å². The quantitative estimate of drug-likeness (QED) is 0.111. The minimum Gasteiger partial charge on any atom is -0.369 e. The third kappa shape index (κ3) is 6.91. The Labute approximate surface area is 234 Å². The van der Waals surface area contributed by atoms with E-state index in [1.165, 1.54) is 11.1 Å². The molecule has 0 aliphatic carbocycles. The lowest BCUT2D eigenvalue weighted by atomic mass is 10.1. The van der Waals surface area contributed by atoms with Gasteiger partial charge in [-0.3, -0.25) is 5.41 Å². The van der Waals surface area contributed by atoms with Gasteiger partial charge in [0.2, 0.25) is 5.96 Å². The van der Waals surface area contributed by atoms with Crippen LogP contribution in [-0.4, -0.2) is 21.6 Å². The number of hydrazone groups is 1. The molecule has 2 aromatic heterocycles. The summed E-state index contributed by atoms with van der Waals surface area (Å²) in [6.45, 7) is 1.48. The number of nitrogens with two attached hydrogens (primary N) is 1. The number of H-pyrrole nitrogens is 1. The van der Waals surface area contributed by atoms with E-state index in [2.05, 4.69) is 81.1 Å². The summed E-state index contributed by atoms with van der Waals surface area (Å²) in [4.78, 5) is 10.5. The maximum atomic E-state index is 7.51. The summed E-state index contributed by atoms with van der Waals surface area (Å²) in [5.74, 6) is 0.668. The van der Waals surface area contributed by atoms with Crippen molar-refractivity contribution in [2.24, 2.45) is 10.8 Å². The number of nitrogens with zero attached hydrogens (tertiary/aromatic N) is 3. The Morgan fingerprint density at radius 2 is 1.39 bits per heavy atom. The molecule has 0 spiro atoms. The minimum atomic E-state index is -0.221. The van der Waals surface area contributed by atoms with E-state index in [-0.39, 0.29) is 30.8 Å². The zero-order valence-corrected chi connectivity index (χ0v) is 22.2. The number of guanidine groups is 1. The molecule has 0 unspecified atom stereocenters. The van der Waals surface area contributed by atoms with Gasteiger partial charge in [0.25, 0.3) is 0 Å². The van der Waals surface area contributed by atoms with Crippen LogP contribution in [0.2, 0.25) is 0 Å². The number of anilines is 1. The van der Waals surface area contributed by atoms with Crippen LogP contribution >= 0.6 is 24.8 Å². The fourth-order valence-electron chi connectivity index (χ4n) is 4.14. The molecule has 5 N–H and O–H groups in total. The number of nitrogens with one attached hydrogen (secondary N) is 3. The number of rotatable bonds is 8. The van der Waals surface area contributed by atoms with E-state index in [1.54, 1.807) is 0 Å². The van der Waals surface area contributed by atoms with Crippen molar-refractivity contribution in [3.05, 3.63) is 132 Å². The standard InChI is InChI=1S/C29H27N7.2ClH/c30-29(31)35-34-28(23-14-8-3-9-15-23)25-16-24-17-27(32-18-26(24)33-25)36(19-21-10-4-1-5-11-21)20-22-12-6-2-7-13-22;;/h1-18,33H,19-20H2,(H4,30,31,35);2*1H/b34-28+;;. The molecule has 5 rings (SSSR count). The van der Waals surface area contributed by atoms with Crippen molar-refractivity contribution < 1.29 is 0 Å². The molecule has 0 bridgehead atoms. The first kappa shape index (κ1) is 28.2. The van der Waals surface area contributed by atoms with Crippen LogP contribution in [-0.2, 0) is 13.1 Å². The zero-order valence-electron chi connectivity index (χ0n) is 20.5. The minimum absolute atomic E-state index is 0. The summed E-state index contributed by atoms with van der Waals surface area (Å²) in [5, 5.41) is 12.9. The maximum absolute atomic E-state index is 7.51. The van der Waals surface area contributed by atoms with Crippen LogP contribution in [0, 0.1) is 5.41 Å². The normalized spacial score (nSPS) is 10.8. The first-order chi connectivity index (χ1) is 17.7. The second-order valence-corrected chi connectivity index (χ2v) is 8.49. The molecule has 5 aromatic rings. The first-order valence-corrected chi connectivity index (χ1v) is 11.7. The molecular weight excluding hydrogens is 517 g/mol. The van der Waals surface area contributed by atoms with Gasteiger partial charge < -0.3 is 15.6 Å². The van der Waals surface area contributed by atoms with Crippen molar-refractivity contribution in [2.75, 3.05) is 4.90 Å². The maximum Gasteiger partial charge on any atom is 0.206 e. The lowest BCUT2D eigenvalue weighted by molar-refractivity contribution is 0.785. The summed E-state index contributed by atoms with van der Waals surface area (Å²) in [6.07, 6.45) is 1.86. The average Bonchev–Trinajstić information content (AvgIpc) is 3.33. The number of aromatic nitrogens is 2. The molecule has 0 saturated heterocycles. The molecule has 2 heterocycles. The van der Waals surface area contributed by atoms with E-state index < -0.39 is 0 Å². The molecule has 0 aliphatic rings. The SMILES string of the molecule is Cl.Cl.N=C(N)N/N=C(\c1ccccc1)c1cc2cc(N(Cc3ccccc3)Cc3ccccc3)ncc2[nH]1. The second kappa shape index (κ2) is 13.3. The summed E-state index contributed by atoms with van der Waals surface area (Å²) in [6, 6.07) is 34.8. The number of aromatic amines is 1. The number of halogens is 2. The third-order valence-corrected chi connectivity index (χ3v) is 5.84. The first-order valence-electron chi connectivity index (χ1n) is 11.7. The summed E-state index contributed by atoms with van der Waals surface area (Å²) < 4.78 is 0. The highest BCUT2D eigenvalue weighted by molar-refractivity contribution is 6.14. The number of fused-ring (bicyclic) bond motifs is 1. The molecule has 9 heteroatoms. The third-order valence-electron chi connectivity index (χ3n) is 5.84. The van der Waals surface area contributed by atoms with Gasteiger partial charge in [-0.05, 0) is 23.3 Å². The molecule has 3 aromatic carbocycles. The Morgan fingerprint density at radius 1 is 0.842 bits per heavy atom. The van der Waals surface area contributed by atoms with E-state index in [1.807, 2.05) is 48.7 Å². The van der Waals surface area contributed by atoms with Gasteiger partial charge in [0, 0.05) is 24.0 Å². The van der Waals surface area contributed by atoms with E-state index in [4.69, 9.17) is 16.1 Å².